The van der Waals surface area contributed by atoms with Crippen LogP contribution in [-0.2, 0) is 14.3 Å². The predicted molar refractivity (Wildman–Crippen MR) is 145 cm³/mol. The van der Waals surface area contributed by atoms with E-state index in [4.69, 9.17) is 14.5 Å². The first-order valence-corrected chi connectivity index (χ1v) is 13.2. The second kappa shape index (κ2) is 11.0. The Balaban J connectivity index is 1.27. The molecular formula is C29H28F2N6O4. The number of ether oxygens (including phenoxy) is 2. The van der Waals surface area contributed by atoms with Gasteiger partial charge in [-0.15, -0.1) is 0 Å². The fraction of sp³-hybridized carbons (Fsp3) is 0.310. The fourth-order valence-corrected chi connectivity index (χ4v) is 4.92. The summed E-state index contributed by atoms with van der Waals surface area (Å²) in [4.78, 5) is 31.6. The molecule has 2 aromatic heterocycles. The Morgan fingerprint density at radius 3 is 2.39 bits per heavy atom. The van der Waals surface area contributed by atoms with Gasteiger partial charge in [-0.3, -0.25) is 4.79 Å². The minimum Gasteiger partial charge on any atom is -0.391 e. The van der Waals surface area contributed by atoms with E-state index in [1.807, 2.05) is 0 Å². The Morgan fingerprint density at radius 2 is 1.73 bits per heavy atom. The van der Waals surface area contributed by atoms with Crippen LogP contribution in [0.2, 0.25) is 0 Å². The molecule has 0 radical (unpaired) electrons. The van der Waals surface area contributed by atoms with Crippen LogP contribution in [0.5, 0.6) is 0 Å². The van der Waals surface area contributed by atoms with Gasteiger partial charge in [0.15, 0.2) is 5.82 Å². The molecule has 6 rings (SSSR count). The highest BCUT2D eigenvalue weighted by molar-refractivity contribution is 5.83. The number of aromatic nitrogens is 4. The van der Waals surface area contributed by atoms with Gasteiger partial charge >= 0.3 is 0 Å². The van der Waals surface area contributed by atoms with Crippen molar-refractivity contribution in [2.45, 2.75) is 25.7 Å². The number of β-amino-alcohol motifs (C(OH)–C–C–N with tert-alkyl or cyclic N) is 1. The van der Waals surface area contributed by atoms with E-state index in [9.17, 15) is 18.7 Å². The van der Waals surface area contributed by atoms with Gasteiger partial charge in [0, 0.05) is 30.5 Å². The fourth-order valence-electron chi connectivity index (χ4n) is 4.92. The van der Waals surface area contributed by atoms with Gasteiger partial charge in [-0.25, -0.2) is 23.7 Å². The molecule has 1 amide bonds. The highest BCUT2D eigenvalue weighted by Gasteiger charge is 2.44. The number of anilines is 2. The summed E-state index contributed by atoms with van der Waals surface area (Å²) in [5.74, 6) is -0.223. The van der Waals surface area contributed by atoms with Gasteiger partial charge < -0.3 is 29.8 Å². The number of halogens is 2. The normalized spacial score (nSPS) is 22.6. The molecule has 2 saturated heterocycles. The van der Waals surface area contributed by atoms with E-state index >= 15 is 0 Å². The zero-order chi connectivity index (χ0) is 28.6. The Kier molecular flexibility index (Phi) is 7.20. The van der Waals surface area contributed by atoms with Gasteiger partial charge in [0.2, 0.25) is 18.1 Å². The van der Waals surface area contributed by atoms with Gasteiger partial charge in [0.25, 0.3) is 0 Å². The number of nitrogens with one attached hydrogen (secondary N) is 2. The van der Waals surface area contributed by atoms with Crippen molar-refractivity contribution in [2.75, 3.05) is 31.6 Å². The molecule has 212 valence electrons. The van der Waals surface area contributed by atoms with Crippen molar-refractivity contribution in [1.82, 2.24) is 24.8 Å². The summed E-state index contributed by atoms with van der Waals surface area (Å²) in [6, 6.07) is 13.4. The highest BCUT2D eigenvalue weighted by atomic mass is 19.1. The molecule has 10 nitrogen and oxygen atoms in total. The number of aromatic amines is 1. The van der Waals surface area contributed by atoms with Crippen LogP contribution in [0.1, 0.15) is 25.5 Å². The molecule has 0 spiro atoms. The number of aliphatic hydroxyl groups is 1. The highest BCUT2D eigenvalue weighted by Crippen LogP contribution is 2.36. The molecule has 2 aromatic carbocycles. The number of carbonyl (C=O) groups excluding carboxylic acids is 1. The summed E-state index contributed by atoms with van der Waals surface area (Å²) < 4.78 is 39.0. The lowest BCUT2D eigenvalue weighted by molar-refractivity contribution is -0.234. The van der Waals surface area contributed by atoms with Crippen molar-refractivity contribution in [2.24, 2.45) is 5.41 Å². The van der Waals surface area contributed by atoms with Gasteiger partial charge in [0.05, 0.1) is 41.8 Å². The first-order valence-electron chi connectivity index (χ1n) is 13.2. The number of hydrogen-bond acceptors (Lipinski definition) is 8. The minimum atomic E-state index is -0.899. The van der Waals surface area contributed by atoms with Crippen molar-refractivity contribution in [1.29, 1.82) is 0 Å². The molecule has 3 N–H and O–H groups in total. The van der Waals surface area contributed by atoms with Gasteiger partial charge in [-0.05, 0) is 67.9 Å². The van der Waals surface area contributed by atoms with Crippen molar-refractivity contribution in [3.8, 4) is 22.6 Å². The van der Waals surface area contributed by atoms with E-state index in [2.05, 4.69) is 20.3 Å². The molecule has 2 aliphatic heterocycles. The summed E-state index contributed by atoms with van der Waals surface area (Å²) in [5, 5.41) is 12.9. The van der Waals surface area contributed by atoms with Crippen LogP contribution >= 0.6 is 0 Å². The number of aliphatic hydroxyl groups excluding tert-OH is 1. The number of carbonyl (C=O) groups is 1. The third-order valence-corrected chi connectivity index (χ3v) is 7.15. The van der Waals surface area contributed by atoms with Crippen LogP contribution in [0.15, 0.2) is 60.8 Å². The minimum absolute atomic E-state index is 0.101. The van der Waals surface area contributed by atoms with Crippen LogP contribution in [0.3, 0.4) is 0 Å². The monoisotopic (exact) mass is 562 g/mol. The van der Waals surface area contributed by atoms with E-state index < -0.39 is 17.8 Å². The molecule has 2 fully saturated rings. The number of H-pyrrole nitrogens is 1. The summed E-state index contributed by atoms with van der Waals surface area (Å²) >= 11 is 0. The smallest absolute Gasteiger partial charge is 0.233 e. The molecule has 4 aromatic rings. The van der Waals surface area contributed by atoms with E-state index in [0.717, 1.165) is 0 Å². The first-order chi connectivity index (χ1) is 19.8. The number of imidazole rings is 1. The molecule has 12 heteroatoms. The number of amides is 1. The lowest BCUT2D eigenvalue weighted by Crippen LogP contribution is -2.49. The SMILES string of the molecule is CC1(C(=O)N2CCC(O)C2)COC(c2nc(-c3ccc(F)cc3)c(-c3ccnc(Nc4ccc(F)cc4)n3)[nH]2)OC1. The van der Waals surface area contributed by atoms with Gasteiger partial charge in [-0.1, -0.05) is 0 Å². The second-order valence-corrected chi connectivity index (χ2v) is 10.5. The molecule has 1 atom stereocenters. The largest absolute Gasteiger partial charge is 0.391 e. The maximum absolute atomic E-state index is 13.7. The molecule has 2 aliphatic rings. The van der Waals surface area contributed by atoms with E-state index in [1.54, 1.807) is 48.4 Å². The lowest BCUT2D eigenvalue weighted by atomic mass is 9.90. The number of likely N-dealkylation sites (tertiary alicyclic amines) is 1. The summed E-state index contributed by atoms with van der Waals surface area (Å²) in [5.41, 5.74) is 1.86. The number of rotatable bonds is 6. The molecule has 0 saturated carbocycles. The van der Waals surface area contributed by atoms with Crippen LogP contribution in [-0.4, -0.2) is 68.3 Å². The third kappa shape index (κ3) is 5.67. The molecule has 41 heavy (non-hydrogen) atoms. The van der Waals surface area contributed by atoms with Crippen molar-refractivity contribution >= 4 is 17.5 Å². The molecule has 4 heterocycles. The van der Waals surface area contributed by atoms with Crippen molar-refractivity contribution < 1.29 is 28.2 Å². The van der Waals surface area contributed by atoms with Gasteiger partial charge in [0.1, 0.15) is 11.6 Å². The van der Waals surface area contributed by atoms with Crippen molar-refractivity contribution in [3.05, 3.63) is 78.3 Å². The zero-order valence-corrected chi connectivity index (χ0v) is 22.2. The summed E-state index contributed by atoms with van der Waals surface area (Å²) in [6.45, 7) is 2.79. The van der Waals surface area contributed by atoms with Crippen LogP contribution in [0.25, 0.3) is 22.6 Å². The lowest BCUT2D eigenvalue weighted by Gasteiger charge is -2.37. The molecular weight excluding hydrogens is 534 g/mol. The van der Waals surface area contributed by atoms with Crippen LogP contribution in [0, 0.1) is 17.0 Å². The van der Waals surface area contributed by atoms with Gasteiger partial charge in [-0.2, -0.15) is 0 Å². The van der Waals surface area contributed by atoms with E-state index in [0.29, 0.717) is 53.7 Å². The average molecular weight is 563 g/mol. The first kappa shape index (κ1) is 26.9. The average Bonchev–Trinajstić information content (AvgIpc) is 3.62. The topological polar surface area (TPSA) is 125 Å². The maximum atomic E-state index is 13.7. The Hall–Kier alpha value is -4.26. The van der Waals surface area contributed by atoms with E-state index in [-0.39, 0.29) is 36.7 Å². The summed E-state index contributed by atoms with van der Waals surface area (Å²) in [6.07, 6.45) is 0.729. The predicted octanol–water partition coefficient (Wildman–Crippen LogP) is 4.20. The second-order valence-electron chi connectivity index (χ2n) is 10.5. The summed E-state index contributed by atoms with van der Waals surface area (Å²) in [7, 11) is 0. The zero-order valence-electron chi connectivity index (χ0n) is 22.2. The number of hydrogen-bond donors (Lipinski definition) is 3. The van der Waals surface area contributed by atoms with Crippen LogP contribution in [0.4, 0.5) is 20.4 Å². The number of nitrogens with zero attached hydrogens (tertiary/aromatic N) is 4. The Labute approximate surface area is 234 Å². The maximum Gasteiger partial charge on any atom is 0.233 e. The molecule has 1 unspecified atom stereocenters. The Morgan fingerprint density at radius 1 is 1.05 bits per heavy atom. The van der Waals surface area contributed by atoms with E-state index in [1.165, 1.54) is 24.3 Å². The number of benzene rings is 2. The standard InChI is InChI=1S/C29H28F2N6O4/c1-29(27(39)37-13-11-21(38)14-37)15-40-26(41-16-29)25-35-23(17-2-4-18(30)5-3-17)24(36-25)22-10-12-32-28(34-22)33-20-8-6-19(31)7-9-20/h2-10,12,21,26,38H,11,13-16H2,1H3,(H,35,36)(H,32,33,34). The third-order valence-electron chi connectivity index (χ3n) is 7.15. The van der Waals surface area contributed by atoms with Crippen molar-refractivity contribution in [3.63, 3.8) is 0 Å². The quantitative estimate of drug-likeness (QED) is 0.319. The molecule has 0 bridgehead atoms. The Bertz CT molecular complexity index is 1540. The van der Waals surface area contributed by atoms with Crippen LogP contribution < -0.4 is 5.32 Å². The molecule has 0 aliphatic carbocycles.